The first-order chi connectivity index (χ1) is 14.8. The molecule has 0 radical (unpaired) electrons. The smallest absolute Gasteiger partial charge is 0.276 e. The Morgan fingerprint density at radius 3 is 2.16 bits per heavy atom. The number of carbonyl (C=O) groups is 2. The van der Waals surface area contributed by atoms with Gasteiger partial charge in [-0.05, 0) is 25.1 Å². The predicted octanol–water partition coefficient (Wildman–Crippen LogP) is 4.60. The average Bonchev–Trinajstić information content (AvgIpc) is 2.76. The highest BCUT2D eigenvalue weighted by Gasteiger charge is 2.31. The highest BCUT2D eigenvalue weighted by atomic mass is 35.5. The highest BCUT2D eigenvalue weighted by Crippen LogP contribution is 2.41. The van der Waals surface area contributed by atoms with Crippen LogP contribution in [-0.2, 0) is 9.59 Å². The number of hydrogen-bond acceptors (Lipinski definition) is 8. The third-order valence-electron chi connectivity index (χ3n) is 4.11. The number of Topliss-reactive ketones (excluding diaryl/α,β-unsaturated/α-hetero) is 1. The topological polar surface area (TPSA) is 99.0 Å². The van der Waals surface area contributed by atoms with Gasteiger partial charge in [-0.1, -0.05) is 17.7 Å². The maximum atomic E-state index is 13.0. The van der Waals surface area contributed by atoms with E-state index in [9.17, 15) is 9.59 Å². The quantitative estimate of drug-likeness (QED) is 0.302. The Morgan fingerprint density at radius 2 is 1.61 bits per heavy atom. The van der Waals surface area contributed by atoms with E-state index in [2.05, 4.69) is 10.2 Å². The Balaban J connectivity index is 2.43. The predicted molar refractivity (Wildman–Crippen MR) is 116 cm³/mol. The summed E-state index contributed by atoms with van der Waals surface area (Å²) < 4.78 is 21.7. The molecule has 0 aliphatic carbocycles. The number of nitrogens with zero attached hydrogens (tertiary/aromatic N) is 3. The van der Waals surface area contributed by atoms with Crippen molar-refractivity contribution in [3.05, 3.63) is 35.4 Å². The van der Waals surface area contributed by atoms with Gasteiger partial charge in [0.25, 0.3) is 5.91 Å². The molecule has 1 atom stereocenters. The molecule has 9 nitrogen and oxygen atoms in total. The molecule has 1 unspecified atom stereocenters. The fourth-order valence-corrected chi connectivity index (χ4v) is 3.09. The lowest BCUT2D eigenvalue weighted by Gasteiger charge is -2.20. The number of carbonyl (C=O) groups excluding carboxylic acids is 2. The Hall–Kier alpha value is -3.04. The fourth-order valence-electron chi connectivity index (χ4n) is 2.66. The second-order valence-electron chi connectivity index (χ2n) is 6.02. The van der Waals surface area contributed by atoms with Gasteiger partial charge in [0, 0.05) is 22.9 Å². The molecule has 166 valence electrons. The van der Waals surface area contributed by atoms with Crippen molar-refractivity contribution in [1.29, 1.82) is 0 Å². The van der Waals surface area contributed by atoms with Gasteiger partial charge < -0.3 is 18.9 Å². The maximum absolute atomic E-state index is 13.0. The van der Waals surface area contributed by atoms with Gasteiger partial charge in [-0.25, -0.2) is 4.42 Å². The number of para-hydroxylation sites is 1. The van der Waals surface area contributed by atoms with Crippen LogP contribution in [0.1, 0.15) is 6.92 Å². The molecule has 0 aromatic heterocycles. The molecule has 11 heteroatoms. The third-order valence-corrected chi connectivity index (χ3v) is 4.68. The molecule has 1 amide bonds. The van der Waals surface area contributed by atoms with Gasteiger partial charge >= 0.3 is 0 Å². The van der Waals surface area contributed by atoms with Crippen LogP contribution in [0.3, 0.4) is 0 Å². The van der Waals surface area contributed by atoms with Crippen molar-refractivity contribution >= 4 is 46.4 Å². The van der Waals surface area contributed by atoms with Gasteiger partial charge in [0.05, 0.1) is 28.4 Å². The monoisotopic (exact) mass is 469 g/mol. The first-order valence-electron chi connectivity index (χ1n) is 8.82. The Morgan fingerprint density at radius 1 is 0.968 bits per heavy atom. The van der Waals surface area contributed by atoms with Crippen LogP contribution < -0.4 is 23.4 Å². The Labute approximate surface area is 189 Å². The molecular weight excluding hydrogens is 449 g/mol. The van der Waals surface area contributed by atoms with E-state index in [0.29, 0.717) is 16.5 Å². The molecule has 2 aromatic rings. The summed E-state index contributed by atoms with van der Waals surface area (Å²) in [5.74, 6) is -0.284. The Bertz CT molecular complexity index is 999. The molecule has 0 heterocycles. The number of halogens is 2. The fraction of sp³-hybridized carbons (Fsp3) is 0.300. The Kier molecular flexibility index (Phi) is 8.47. The SMILES string of the molecule is COc1cc(Cl)cc(N=NC(C(C)=O)C(=O)N(Cl)c2cccc(OC)c2OC)c1OC. The van der Waals surface area contributed by atoms with Crippen molar-refractivity contribution in [3.8, 4) is 23.0 Å². The largest absolute Gasteiger partial charge is 0.493 e. The molecule has 0 aliphatic heterocycles. The molecule has 0 saturated heterocycles. The molecule has 31 heavy (non-hydrogen) atoms. The molecule has 2 aromatic carbocycles. The van der Waals surface area contributed by atoms with Gasteiger partial charge in [-0.2, -0.15) is 10.2 Å². The highest BCUT2D eigenvalue weighted by molar-refractivity contribution is 6.39. The lowest BCUT2D eigenvalue weighted by molar-refractivity contribution is -0.126. The number of amides is 1. The number of azo groups is 1. The summed E-state index contributed by atoms with van der Waals surface area (Å²) in [5.41, 5.74) is 0.350. The van der Waals surface area contributed by atoms with Gasteiger partial charge in [-0.3, -0.25) is 9.59 Å². The number of ketones is 1. The molecular formula is C20H21Cl2N3O6. The minimum Gasteiger partial charge on any atom is -0.493 e. The minimum atomic E-state index is -1.52. The summed E-state index contributed by atoms with van der Waals surface area (Å²) in [7, 11) is 5.69. The zero-order chi connectivity index (χ0) is 23.1. The van der Waals surface area contributed by atoms with Crippen LogP contribution >= 0.6 is 23.4 Å². The van der Waals surface area contributed by atoms with Crippen molar-refractivity contribution in [1.82, 2.24) is 0 Å². The van der Waals surface area contributed by atoms with E-state index >= 15 is 0 Å². The molecule has 0 spiro atoms. The van der Waals surface area contributed by atoms with Gasteiger partial charge in [0.1, 0.15) is 11.4 Å². The number of benzene rings is 2. The average molecular weight is 470 g/mol. The summed E-state index contributed by atoms with van der Waals surface area (Å²) in [6.45, 7) is 1.20. The van der Waals surface area contributed by atoms with Crippen LogP contribution in [0.2, 0.25) is 5.02 Å². The zero-order valence-electron chi connectivity index (χ0n) is 17.5. The molecule has 0 N–H and O–H groups in total. The van der Waals surface area contributed by atoms with Crippen LogP contribution in [-0.4, -0.2) is 46.2 Å². The number of methoxy groups -OCH3 is 4. The molecule has 0 aliphatic rings. The van der Waals surface area contributed by atoms with Crippen LogP contribution in [0.15, 0.2) is 40.6 Å². The standard InChI is InChI=1S/C20H21Cl2N3O6/c1-11(26)17(24-23-13-9-12(21)10-16(29-3)18(13)30-4)20(27)25(22)14-7-6-8-15(28-2)19(14)31-5/h6-10,17H,1-5H3. The van der Waals surface area contributed by atoms with E-state index < -0.39 is 17.7 Å². The van der Waals surface area contributed by atoms with E-state index in [1.54, 1.807) is 12.1 Å². The first kappa shape index (κ1) is 24.2. The number of ether oxygens (including phenoxy) is 4. The lowest BCUT2D eigenvalue weighted by atomic mass is 10.2. The maximum Gasteiger partial charge on any atom is 0.276 e. The molecule has 2 rings (SSSR count). The van der Waals surface area contributed by atoms with E-state index in [1.807, 2.05) is 0 Å². The number of rotatable bonds is 9. The summed E-state index contributed by atoms with van der Waals surface area (Å²) in [6.07, 6.45) is 0. The van der Waals surface area contributed by atoms with Crippen molar-refractivity contribution in [2.45, 2.75) is 13.0 Å². The van der Waals surface area contributed by atoms with Crippen molar-refractivity contribution in [2.75, 3.05) is 32.9 Å². The summed E-state index contributed by atoms with van der Waals surface area (Å²) in [5, 5.41) is 8.19. The summed E-state index contributed by atoms with van der Waals surface area (Å²) in [6, 6.07) is 6.25. The van der Waals surface area contributed by atoms with Gasteiger partial charge in [-0.15, -0.1) is 0 Å². The van der Waals surface area contributed by atoms with E-state index in [4.69, 9.17) is 42.3 Å². The number of hydrogen-bond donors (Lipinski definition) is 0. The normalized spacial score (nSPS) is 11.7. The van der Waals surface area contributed by atoms with E-state index in [-0.39, 0.29) is 22.9 Å². The lowest BCUT2D eigenvalue weighted by Crippen LogP contribution is -2.36. The van der Waals surface area contributed by atoms with Crippen molar-refractivity contribution < 1.29 is 28.5 Å². The van der Waals surface area contributed by atoms with Crippen molar-refractivity contribution in [2.24, 2.45) is 10.2 Å². The summed E-state index contributed by atoms with van der Waals surface area (Å²) >= 11 is 12.3. The van der Waals surface area contributed by atoms with Crippen molar-refractivity contribution in [3.63, 3.8) is 0 Å². The third kappa shape index (κ3) is 5.36. The second-order valence-corrected chi connectivity index (χ2v) is 6.80. The second kappa shape index (κ2) is 10.8. The van der Waals surface area contributed by atoms with Gasteiger partial charge in [0.15, 0.2) is 28.8 Å². The first-order valence-corrected chi connectivity index (χ1v) is 9.54. The molecule has 0 saturated carbocycles. The van der Waals surface area contributed by atoms with Crippen LogP contribution in [0.25, 0.3) is 0 Å². The molecule has 0 fully saturated rings. The van der Waals surface area contributed by atoms with E-state index in [0.717, 1.165) is 4.42 Å². The minimum absolute atomic E-state index is 0.172. The van der Waals surface area contributed by atoms with Crippen LogP contribution in [0, 0.1) is 0 Å². The number of anilines is 1. The van der Waals surface area contributed by atoms with Crippen LogP contribution in [0.4, 0.5) is 11.4 Å². The van der Waals surface area contributed by atoms with E-state index in [1.165, 1.54) is 53.6 Å². The molecule has 0 bridgehead atoms. The summed E-state index contributed by atoms with van der Waals surface area (Å²) in [4.78, 5) is 25.1. The van der Waals surface area contributed by atoms with Gasteiger partial charge in [0.2, 0.25) is 6.04 Å². The zero-order valence-corrected chi connectivity index (χ0v) is 19.0. The van der Waals surface area contributed by atoms with Crippen LogP contribution in [0.5, 0.6) is 23.0 Å².